The van der Waals surface area contributed by atoms with E-state index in [4.69, 9.17) is 18.9 Å². The summed E-state index contributed by atoms with van der Waals surface area (Å²) in [5.41, 5.74) is -1.17. The van der Waals surface area contributed by atoms with Crippen LogP contribution in [0.2, 0.25) is 0 Å². The minimum absolute atomic E-state index is 0.00341. The standard InChI is InChI=1S/C17H25N3O7/c1-17(16(22)23)11-19-15(20-17)14-13(21)9-12(10-18-14)27-8-7-26-6-5-25-4-3-24-2/h9-10,21H,3-8,11H2,1-2H3,(H,19,20)(H,22,23)/p-1. The van der Waals surface area contributed by atoms with Crippen LogP contribution < -0.4 is 15.2 Å². The smallest absolute Gasteiger partial charge is 0.152 e. The molecule has 1 atom stereocenters. The minimum Gasteiger partial charge on any atom is -0.548 e. The summed E-state index contributed by atoms with van der Waals surface area (Å²) in [5.74, 6) is -0.890. The van der Waals surface area contributed by atoms with Gasteiger partial charge in [-0.1, -0.05) is 0 Å². The molecule has 0 aromatic carbocycles. The number of rotatable bonds is 12. The van der Waals surface area contributed by atoms with Gasteiger partial charge in [-0.05, 0) is 6.92 Å². The van der Waals surface area contributed by atoms with E-state index in [2.05, 4.69) is 15.3 Å². The number of pyridine rings is 1. The predicted octanol–water partition coefficient (Wildman–Crippen LogP) is -1.30. The van der Waals surface area contributed by atoms with Gasteiger partial charge in [0.15, 0.2) is 5.84 Å². The summed E-state index contributed by atoms with van der Waals surface area (Å²) >= 11 is 0. The number of carbonyl (C=O) groups is 1. The van der Waals surface area contributed by atoms with E-state index < -0.39 is 11.5 Å². The van der Waals surface area contributed by atoms with Gasteiger partial charge in [-0.2, -0.15) is 0 Å². The highest BCUT2D eigenvalue weighted by Gasteiger charge is 2.33. The number of aromatic nitrogens is 1. The SMILES string of the molecule is COCCOCCOCCOc1cnc(C2=NCC(C)(C(=O)[O-])N2)c(O)c1. The summed E-state index contributed by atoms with van der Waals surface area (Å²) in [6.07, 6.45) is 1.42. The number of hydrogen-bond acceptors (Lipinski definition) is 10. The first-order valence-electron chi connectivity index (χ1n) is 8.47. The van der Waals surface area contributed by atoms with E-state index in [1.165, 1.54) is 19.2 Å². The molecule has 0 radical (unpaired) electrons. The van der Waals surface area contributed by atoms with Crippen LogP contribution in [0.15, 0.2) is 17.3 Å². The summed E-state index contributed by atoms with van der Waals surface area (Å²) < 4.78 is 20.9. The molecule has 10 heteroatoms. The second-order valence-corrected chi connectivity index (χ2v) is 6.01. The summed E-state index contributed by atoms with van der Waals surface area (Å²) in [5, 5.41) is 24.0. The van der Waals surface area contributed by atoms with Crippen LogP contribution in [0.5, 0.6) is 11.5 Å². The Balaban J connectivity index is 1.73. The van der Waals surface area contributed by atoms with Gasteiger partial charge in [-0.3, -0.25) is 4.99 Å². The van der Waals surface area contributed by atoms with Crippen molar-refractivity contribution in [3.05, 3.63) is 18.0 Å². The molecule has 0 saturated heterocycles. The number of nitrogens with zero attached hydrogens (tertiary/aromatic N) is 2. The van der Waals surface area contributed by atoms with Crippen molar-refractivity contribution in [3.63, 3.8) is 0 Å². The maximum Gasteiger partial charge on any atom is 0.152 e. The van der Waals surface area contributed by atoms with Crippen molar-refractivity contribution in [1.29, 1.82) is 0 Å². The van der Waals surface area contributed by atoms with E-state index in [0.29, 0.717) is 38.8 Å². The van der Waals surface area contributed by atoms with E-state index in [1.807, 2.05) is 0 Å². The molecule has 150 valence electrons. The number of carboxylic acid groups (broad SMARTS) is 1. The molecule has 1 aliphatic heterocycles. The Labute approximate surface area is 157 Å². The van der Waals surface area contributed by atoms with Gasteiger partial charge < -0.3 is 39.3 Å². The number of nitrogens with one attached hydrogen (secondary N) is 1. The largest absolute Gasteiger partial charge is 0.548 e. The van der Waals surface area contributed by atoms with E-state index in [-0.39, 0.29) is 30.4 Å². The lowest BCUT2D eigenvalue weighted by Gasteiger charge is -2.25. The zero-order valence-electron chi connectivity index (χ0n) is 15.4. The number of hydrogen-bond donors (Lipinski definition) is 2. The third-order valence-electron chi connectivity index (χ3n) is 3.77. The molecule has 0 aliphatic carbocycles. The molecule has 27 heavy (non-hydrogen) atoms. The summed E-state index contributed by atoms with van der Waals surface area (Å²) in [6, 6.07) is 1.38. The highest BCUT2D eigenvalue weighted by Crippen LogP contribution is 2.24. The second kappa shape index (κ2) is 10.0. The van der Waals surface area contributed by atoms with Crippen LogP contribution in [0.25, 0.3) is 0 Å². The quantitative estimate of drug-likeness (QED) is 0.423. The lowest BCUT2D eigenvalue weighted by Crippen LogP contribution is -2.56. The topological polar surface area (TPSA) is 135 Å². The predicted molar refractivity (Wildman–Crippen MR) is 92.9 cm³/mol. The van der Waals surface area contributed by atoms with Gasteiger partial charge in [-0.15, -0.1) is 0 Å². The van der Waals surface area contributed by atoms with Crippen molar-refractivity contribution < 1.29 is 34.0 Å². The third-order valence-corrected chi connectivity index (χ3v) is 3.77. The molecular formula is C17H24N3O7-. The fourth-order valence-corrected chi connectivity index (χ4v) is 2.21. The molecule has 1 aromatic rings. The molecule has 2 rings (SSSR count). The van der Waals surface area contributed by atoms with Crippen molar-refractivity contribution in [2.45, 2.75) is 12.5 Å². The van der Waals surface area contributed by atoms with Gasteiger partial charge in [0.2, 0.25) is 0 Å². The van der Waals surface area contributed by atoms with E-state index in [1.54, 1.807) is 7.11 Å². The number of carbonyl (C=O) groups excluding carboxylic acids is 1. The van der Waals surface area contributed by atoms with Crippen molar-refractivity contribution >= 4 is 11.8 Å². The summed E-state index contributed by atoms with van der Waals surface area (Å²) in [7, 11) is 1.61. The number of aliphatic carboxylic acids is 1. The highest BCUT2D eigenvalue weighted by molar-refractivity contribution is 6.03. The fourth-order valence-electron chi connectivity index (χ4n) is 2.21. The maximum atomic E-state index is 11.1. The molecule has 2 N–H and O–H groups in total. The lowest BCUT2D eigenvalue weighted by atomic mass is 10.1. The number of methoxy groups -OCH3 is 1. The number of ether oxygens (including phenoxy) is 4. The average Bonchev–Trinajstić information content (AvgIpc) is 3.04. The van der Waals surface area contributed by atoms with Gasteiger partial charge in [0.25, 0.3) is 0 Å². The first-order chi connectivity index (χ1) is 13.0. The first-order valence-corrected chi connectivity index (χ1v) is 8.47. The normalized spacial score (nSPS) is 18.8. The van der Waals surface area contributed by atoms with Gasteiger partial charge >= 0.3 is 0 Å². The Bertz CT molecular complexity index is 668. The molecule has 0 spiro atoms. The zero-order chi connectivity index (χ0) is 19.7. The molecule has 2 heterocycles. The van der Waals surface area contributed by atoms with Crippen LogP contribution in [0.1, 0.15) is 12.6 Å². The Kier molecular flexibility index (Phi) is 7.77. The number of aromatic hydroxyl groups is 1. The molecule has 10 nitrogen and oxygen atoms in total. The molecule has 1 unspecified atom stereocenters. The van der Waals surface area contributed by atoms with E-state index in [0.717, 1.165) is 0 Å². The van der Waals surface area contributed by atoms with Crippen LogP contribution in [0.4, 0.5) is 0 Å². The number of aliphatic imine (C=N–C) groups is 1. The fraction of sp³-hybridized carbons (Fsp3) is 0.588. The zero-order valence-corrected chi connectivity index (χ0v) is 15.4. The third kappa shape index (κ3) is 6.05. The second-order valence-electron chi connectivity index (χ2n) is 6.01. The van der Waals surface area contributed by atoms with Gasteiger partial charge in [0.05, 0.1) is 57.3 Å². The Morgan fingerprint density at radius 3 is 2.52 bits per heavy atom. The van der Waals surface area contributed by atoms with E-state index >= 15 is 0 Å². The van der Waals surface area contributed by atoms with Gasteiger partial charge in [0, 0.05) is 13.2 Å². The molecule has 1 aromatic heterocycles. The summed E-state index contributed by atoms with van der Waals surface area (Å²) in [6.45, 7) is 4.07. The highest BCUT2D eigenvalue weighted by atomic mass is 16.6. The van der Waals surface area contributed by atoms with Gasteiger partial charge in [0.1, 0.15) is 23.8 Å². The Morgan fingerprint density at radius 1 is 1.26 bits per heavy atom. The molecule has 1 aliphatic rings. The van der Waals surface area contributed by atoms with Crippen molar-refractivity contribution in [1.82, 2.24) is 10.3 Å². The van der Waals surface area contributed by atoms with Gasteiger partial charge in [-0.25, -0.2) is 4.98 Å². The molecule has 0 bridgehead atoms. The first kappa shape index (κ1) is 20.9. The van der Waals surface area contributed by atoms with E-state index in [9.17, 15) is 15.0 Å². The monoisotopic (exact) mass is 382 g/mol. The Morgan fingerprint density at radius 2 is 1.93 bits per heavy atom. The minimum atomic E-state index is -1.32. The average molecular weight is 382 g/mol. The van der Waals surface area contributed by atoms with Crippen molar-refractivity contribution in [3.8, 4) is 11.5 Å². The lowest BCUT2D eigenvalue weighted by molar-refractivity contribution is -0.312. The number of amidine groups is 1. The maximum absolute atomic E-state index is 11.1. The summed E-state index contributed by atoms with van der Waals surface area (Å²) in [4.78, 5) is 19.3. The van der Waals surface area contributed by atoms with Crippen LogP contribution in [0.3, 0.4) is 0 Å². The van der Waals surface area contributed by atoms with Crippen LogP contribution in [-0.4, -0.2) is 80.7 Å². The van der Waals surface area contributed by atoms with Crippen LogP contribution in [-0.2, 0) is 19.0 Å². The molecular weight excluding hydrogens is 358 g/mol. The molecule has 0 amide bonds. The van der Waals surface area contributed by atoms with Crippen molar-refractivity contribution in [2.75, 3.05) is 53.3 Å². The van der Waals surface area contributed by atoms with Crippen molar-refractivity contribution in [2.24, 2.45) is 4.99 Å². The van der Waals surface area contributed by atoms with Crippen LogP contribution in [0, 0.1) is 0 Å². The number of carboxylic acids is 1. The molecule has 0 fully saturated rings. The molecule has 0 saturated carbocycles. The van der Waals surface area contributed by atoms with Crippen LogP contribution >= 0.6 is 0 Å². The Hall–Kier alpha value is -2.43.